The minimum atomic E-state index is -4.01. The Balaban J connectivity index is 1.44. The van der Waals surface area contributed by atoms with Crippen molar-refractivity contribution in [3.05, 3.63) is 58.0 Å². The summed E-state index contributed by atoms with van der Waals surface area (Å²) in [5.74, 6) is 0.282. The summed E-state index contributed by atoms with van der Waals surface area (Å²) >= 11 is 1.05. The van der Waals surface area contributed by atoms with E-state index in [4.69, 9.17) is 4.74 Å². The minimum absolute atomic E-state index is 0.00740. The first kappa shape index (κ1) is 22.2. The number of fused-ring (bicyclic) bond motifs is 3. The predicted octanol–water partition coefficient (Wildman–Crippen LogP) is 3.74. The van der Waals surface area contributed by atoms with Crippen LogP contribution in [0.4, 0.5) is 5.69 Å². The highest BCUT2D eigenvalue weighted by Crippen LogP contribution is 2.45. The Morgan fingerprint density at radius 3 is 2.55 bits per heavy atom. The van der Waals surface area contributed by atoms with E-state index in [1.54, 1.807) is 12.1 Å². The lowest BCUT2D eigenvalue weighted by Gasteiger charge is -2.31. The molecule has 7 nitrogen and oxygen atoms in total. The Hall–Kier alpha value is -2.65. The fourth-order valence-electron chi connectivity index (χ4n) is 5.19. The number of rotatable bonds is 5. The zero-order chi connectivity index (χ0) is 23.3. The molecule has 1 saturated carbocycles. The third-order valence-corrected chi connectivity index (χ3v) is 9.99. The van der Waals surface area contributed by atoms with Crippen LogP contribution in [-0.2, 0) is 32.5 Å². The molecule has 174 valence electrons. The molecule has 0 spiro atoms. The SMILES string of the molecule is COC(=O)c1c(S(=O)(=O)Nc2ccc(C)cc2)sc2c1CCN(C(=O)[C@@H]1C[C@@H]3C=C[C@H]1C3)C2. The molecular weight excluding hydrogens is 460 g/mol. The van der Waals surface area contributed by atoms with Crippen molar-refractivity contribution < 1.29 is 22.7 Å². The fraction of sp³-hybridized carbons (Fsp3) is 0.417. The second-order valence-electron chi connectivity index (χ2n) is 9.03. The Kier molecular flexibility index (Phi) is 5.56. The van der Waals surface area contributed by atoms with Crippen molar-refractivity contribution in [3.8, 4) is 0 Å². The monoisotopic (exact) mass is 486 g/mol. The van der Waals surface area contributed by atoms with E-state index in [1.165, 1.54) is 7.11 Å². The molecule has 0 unspecified atom stereocenters. The first-order valence-corrected chi connectivity index (χ1v) is 13.4. The van der Waals surface area contributed by atoms with Gasteiger partial charge in [-0.25, -0.2) is 13.2 Å². The molecule has 1 fully saturated rings. The number of nitrogens with zero attached hydrogens (tertiary/aromatic N) is 1. The highest BCUT2D eigenvalue weighted by atomic mass is 32.2. The number of hydrogen-bond donors (Lipinski definition) is 1. The van der Waals surface area contributed by atoms with Crippen LogP contribution in [0.1, 0.15) is 39.2 Å². The van der Waals surface area contributed by atoms with Crippen LogP contribution >= 0.6 is 11.3 Å². The summed E-state index contributed by atoms with van der Waals surface area (Å²) in [6.07, 6.45) is 6.74. The Bertz CT molecular complexity index is 1250. The number of amides is 1. The Morgan fingerprint density at radius 1 is 1.15 bits per heavy atom. The molecule has 2 bridgehead atoms. The number of nitrogens with one attached hydrogen (secondary N) is 1. The van der Waals surface area contributed by atoms with Gasteiger partial charge in [-0.05, 0) is 55.7 Å². The van der Waals surface area contributed by atoms with Gasteiger partial charge in [-0.1, -0.05) is 29.8 Å². The van der Waals surface area contributed by atoms with Gasteiger partial charge in [0.1, 0.15) is 0 Å². The number of anilines is 1. The van der Waals surface area contributed by atoms with Crippen molar-refractivity contribution in [1.82, 2.24) is 4.90 Å². The maximum absolute atomic E-state index is 13.3. The average molecular weight is 487 g/mol. The quantitative estimate of drug-likeness (QED) is 0.513. The molecule has 2 aromatic rings. The van der Waals surface area contributed by atoms with Crippen LogP contribution in [0.25, 0.3) is 0 Å². The van der Waals surface area contributed by atoms with Gasteiger partial charge in [-0.15, -0.1) is 11.3 Å². The Morgan fingerprint density at radius 2 is 1.91 bits per heavy atom. The number of methoxy groups -OCH3 is 1. The van der Waals surface area contributed by atoms with Crippen molar-refractivity contribution in [2.45, 2.75) is 36.9 Å². The molecule has 1 amide bonds. The third kappa shape index (κ3) is 3.97. The molecule has 2 heterocycles. The number of carbonyl (C=O) groups is 2. The van der Waals surface area contributed by atoms with Gasteiger partial charge in [-0.3, -0.25) is 9.52 Å². The summed E-state index contributed by atoms with van der Waals surface area (Å²) in [5, 5.41) is 0. The molecule has 3 atom stereocenters. The molecule has 1 N–H and O–H groups in total. The van der Waals surface area contributed by atoms with E-state index in [0.717, 1.165) is 34.6 Å². The molecule has 2 aliphatic carbocycles. The first-order chi connectivity index (χ1) is 15.8. The largest absolute Gasteiger partial charge is 0.465 e. The zero-order valence-corrected chi connectivity index (χ0v) is 20.2. The molecule has 1 aromatic carbocycles. The first-order valence-electron chi connectivity index (χ1n) is 11.1. The fourth-order valence-corrected chi connectivity index (χ4v) is 8.15. The van der Waals surface area contributed by atoms with Crippen LogP contribution in [0.3, 0.4) is 0 Å². The van der Waals surface area contributed by atoms with Crippen molar-refractivity contribution >= 4 is 38.9 Å². The van der Waals surface area contributed by atoms with E-state index in [1.807, 2.05) is 24.0 Å². The number of esters is 1. The summed E-state index contributed by atoms with van der Waals surface area (Å²) < 4.78 is 34.0. The number of aryl methyl sites for hydroxylation is 1. The molecule has 9 heteroatoms. The normalized spacial score (nSPS) is 23.5. The highest BCUT2D eigenvalue weighted by molar-refractivity contribution is 7.94. The van der Waals surface area contributed by atoms with Gasteiger partial charge in [0.15, 0.2) is 4.21 Å². The summed E-state index contributed by atoms with van der Waals surface area (Å²) in [7, 11) is -2.76. The highest BCUT2D eigenvalue weighted by Gasteiger charge is 2.43. The maximum atomic E-state index is 13.3. The molecule has 3 aliphatic rings. The lowest BCUT2D eigenvalue weighted by atomic mass is 9.91. The van der Waals surface area contributed by atoms with Crippen LogP contribution < -0.4 is 4.72 Å². The average Bonchev–Trinajstić information content (AvgIpc) is 3.53. The number of carbonyl (C=O) groups excluding carboxylic acids is 2. The number of sulfonamides is 1. The van der Waals surface area contributed by atoms with Gasteiger partial charge in [-0.2, -0.15) is 0 Å². The lowest BCUT2D eigenvalue weighted by Crippen LogP contribution is -2.40. The van der Waals surface area contributed by atoms with Gasteiger partial charge in [0, 0.05) is 23.0 Å². The van der Waals surface area contributed by atoms with Crippen molar-refractivity contribution in [2.24, 2.45) is 17.8 Å². The van der Waals surface area contributed by atoms with Crippen LogP contribution in [-0.4, -0.2) is 38.8 Å². The molecule has 5 rings (SSSR count). The maximum Gasteiger partial charge on any atom is 0.340 e. The molecule has 1 aliphatic heterocycles. The number of thiophene rings is 1. The molecule has 0 radical (unpaired) electrons. The van der Waals surface area contributed by atoms with E-state index in [0.29, 0.717) is 42.6 Å². The standard InChI is InChI=1S/C24H26N2O5S2/c1-14-3-7-17(8-4-14)25-33(29,30)24-21(23(28)31-2)18-9-10-26(13-20(18)32-24)22(27)19-12-15-5-6-16(19)11-15/h3-8,15-16,19,25H,9-13H2,1-2H3/t15-,16+,19-/m1/s1. The molecule has 1 aromatic heterocycles. The second-order valence-corrected chi connectivity index (χ2v) is 12.0. The number of hydrogen-bond acceptors (Lipinski definition) is 6. The van der Waals surface area contributed by atoms with Crippen LogP contribution in [0.15, 0.2) is 40.6 Å². The van der Waals surface area contributed by atoms with Gasteiger partial charge >= 0.3 is 5.97 Å². The van der Waals surface area contributed by atoms with Crippen LogP contribution in [0, 0.1) is 24.7 Å². The van der Waals surface area contributed by atoms with Gasteiger partial charge in [0.2, 0.25) is 5.91 Å². The van der Waals surface area contributed by atoms with Crippen LogP contribution in [0.5, 0.6) is 0 Å². The predicted molar refractivity (Wildman–Crippen MR) is 126 cm³/mol. The van der Waals surface area contributed by atoms with E-state index in [-0.39, 0.29) is 21.6 Å². The third-order valence-electron chi connectivity index (χ3n) is 6.87. The topological polar surface area (TPSA) is 92.8 Å². The van der Waals surface area contributed by atoms with Crippen molar-refractivity contribution in [2.75, 3.05) is 18.4 Å². The summed E-state index contributed by atoms with van der Waals surface area (Å²) in [4.78, 5) is 28.4. The summed E-state index contributed by atoms with van der Waals surface area (Å²) in [5.41, 5.74) is 2.19. The number of ether oxygens (including phenoxy) is 1. The number of allylic oxidation sites excluding steroid dienone is 2. The van der Waals surface area contributed by atoms with E-state index in [9.17, 15) is 18.0 Å². The van der Waals surface area contributed by atoms with Gasteiger partial charge in [0.05, 0.1) is 19.2 Å². The van der Waals surface area contributed by atoms with E-state index >= 15 is 0 Å². The van der Waals surface area contributed by atoms with Crippen LogP contribution in [0.2, 0.25) is 0 Å². The summed E-state index contributed by atoms with van der Waals surface area (Å²) in [6, 6.07) is 6.99. The molecule has 33 heavy (non-hydrogen) atoms. The van der Waals surface area contributed by atoms with Gasteiger partial charge < -0.3 is 9.64 Å². The Labute approximate surface area is 197 Å². The van der Waals surface area contributed by atoms with Gasteiger partial charge in [0.25, 0.3) is 10.0 Å². The van der Waals surface area contributed by atoms with Crippen molar-refractivity contribution in [3.63, 3.8) is 0 Å². The second kappa shape index (κ2) is 8.29. The zero-order valence-electron chi connectivity index (χ0n) is 18.5. The van der Waals surface area contributed by atoms with E-state index < -0.39 is 16.0 Å². The lowest BCUT2D eigenvalue weighted by molar-refractivity contribution is -0.137. The molecule has 0 saturated heterocycles. The minimum Gasteiger partial charge on any atom is -0.465 e. The van der Waals surface area contributed by atoms with Crippen molar-refractivity contribution in [1.29, 1.82) is 0 Å². The summed E-state index contributed by atoms with van der Waals surface area (Å²) in [6.45, 7) is 2.70. The number of benzene rings is 1. The van der Waals surface area contributed by atoms with E-state index in [2.05, 4.69) is 16.9 Å². The molecular formula is C24H26N2O5S2. The smallest absolute Gasteiger partial charge is 0.340 e.